The number of benzene rings is 2. The fourth-order valence-corrected chi connectivity index (χ4v) is 3.22. The van der Waals surface area contributed by atoms with Gasteiger partial charge in [0, 0.05) is 11.4 Å². The molecule has 1 aliphatic heterocycles. The Bertz CT molecular complexity index is 950. The Morgan fingerprint density at radius 2 is 2.00 bits per heavy atom. The molecule has 26 heavy (non-hydrogen) atoms. The summed E-state index contributed by atoms with van der Waals surface area (Å²) >= 11 is 0. The molecule has 0 bridgehead atoms. The minimum absolute atomic E-state index is 0.173. The third-order valence-electron chi connectivity index (χ3n) is 4.54. The lowest BCUT2D eigenvalue weighted by Crippen LogP contribution is -2.37. The third-order valence-corrected chi connectivity index (χ3v) is 4.54. The minimum Gasteiger partial charge on any atom is -0.490 e. The lowest BCUT2D eigenvalue weighted by molar-refractivity contribution is 0.161. The average Bonchev–Trinajstić information content (AvgIpc) is 2.69. The van der Waals surface area contributed by atoms with Gasteiger partial charge in [-0.05, 0) is 66.5 Å². The fourth-order valence-electron chi connectivity index (χ4n) is 3.22. The Labute approximate surface area is 153 Å². The summed E-state index contributed by atoms with van der Waals surface area (Å²) in [7, 11) is 0. The number of nitrogens with zero attached hydrogens (tertiary/aromatic N) is 1. The Morgan fingerprint density at radius 1 is 1.19 bits per heavy atom. The highest BCUT2D eigenvalue weighted by Crippen LogP contribution is 2.23. The van der Waals surface area contributed by atoms with Crippen LogP contribution in [0.3, 0.4) is 0 Å². The van der Waals surface area contributed by atoms with Crippen molar-refractivity contribution in [1.29, 1.82) is 5.26 Å². The standard InChI is InChI=1S/C22H23N3O/c1-2-4-18-12-19(17-6-3-5-16(11-17)14-23)13-22(21(18)15-24)26-20-7-9-25-10-8-20/h2-6,11-13,15,20,25H,1,7-10,24H2/b18-4-,21-15+. The van der Waals surface area contributed by atoms with Crippen LogP contribution < -0.4 is 26.2 Å². The first-order valence-electron chi connectivity index (χ1n) is 8.82. The Balaban J connectivity index is 2.12. The third kappa shape index (κ3) is 3.96. The molecule has 2 aromatic carbocycles. The van der Waals surface area contributed by atoms with Gasteiger partial charge >= 0.3 is 0 Å². The molecule has 1 fully saturated rings. The number of nitriles is 1. The van der Waals surface area contributed by atoms with E-state index in [1.54, 1.807) is 18.3 Å². The van der Waals surface area contributed by atoms with E-state index >= 15 is 0 Å². The van der Waals surface area contributed by atoms with E-state index in [4.69, 9.17) is 10.5 Å². The van der Waals surface area contributed by atoms with Crippen LogP contribution in [0.15, 0.2) is 49.1 Å². The summed E-state index contributed by atoms with van der Waals surface area (Å²) in [5, 5.41) is 14.3. The molecule has 132 valence electrons. The van der Waals surface area contributed by atoms with Crippen LogP contribution in [0.2, 0.25) is 0 Å². The van der Waals surface area contributed by atoms with Gasteiger partial charge < -0.3 is 15.8 Å². The van der Waals surface area contributed by atoms with Gasteiger partial charge in [0.15, 0.2) is 0 Å². The molecule has 4 heteroatoms. The van der Waals surface area contributed by atoms with Crippen molar-refractivity contribution in [2.24, 2.45) is 5.73 Å². The fraction of sp³-hybridized carbons (Fsp3) is 0.227. The van der Waals surface area contributed by atoms with Crippen molar-refractivity contribution in [2.45, 2.75) is 18.9 Å². The summed E-state index contributed by atoms with van der Waals surface area (Å²) in [6, 6.07) is 13.8. The van der Waals surface area contributed by atoms with Gasteiger partial charge in [0.05, 0.1) is 11.6 Å². The summed E-state index contributed by atoms with van der Waals surface area (Å²) in [4.78, 5) is 0. The van der Waals surface area contributed by atoms with E-state index in [-0.39, 0.29) is 6.10 Å². The van der Waals surface area contributed by atoms with Gasteiger partial charge in [-0.15, -0.1) is 0 Å². The predicted molar refractivity (Wildman–Crippen MR) is 106 cm³/mol. The number of piperidine rings is 1. The van der Waals surface area contributed by atoms with Crippen LogP contribution in [0.4, 0.5) is 0 Å². The lowest BCUT2D eigenvalue weighted by Gasteiger charge is -2.24. The van der Waals surface area contributed by atoms with Gasteiger partial charge in [0.25, 0.3) is 0 Å². The second-order valence-corrected chi connectivity index (χ2v) is 6.31. The number of nitrogens with two attached hydrogens (primary N) is 1. The quantitative estimate of drug-likeness (QED) is 0.889. The molecule has 0 unspecified atom stereocenters. The molecule has 0 spiro atoms. The number of hydrogen-bond acceptors (Lipinski definition) is 4. The summed E-state index contributed by atoms with van der Waals surface area (Å²) < 4.78 is 6.31. The number of hydrogen-bond donors (Lipinski definition) is 2. The van der Waals surface area contributed by atoms with E-state index in [9.17, 15) is 5.26 Å². The van der Waals surface area contributed by atoms with Crippen LogP contribution in [0.5, 0.6) is 5.75 Å². The van der Waals surface area contributed by atoms with Crippen molar-refractivity contribution in [3.8, 4) is 22.9 Å². The van der Waals surface area contributed by atoms with E-state index in [1.165, 1.54) is 0 Å². The highest BCUT2D eigenvalue weighted by molar-refractivity contribution is 5.68. The molecule has 0 amide bonds. The Morgan fingerprint density at radius 3 is 2.69 bits per heavy atom. The normalized spacial score (nSPS) is 16.3. The monoisotopic (exact) mass is 345 g/mol. The van der Waals surface area contributed by atoms with Gasteiger partial charge in [-0.25, -0.2) is 0 Å². The second-order valence-electron chi connectivity index (χ2n) is 6.31. The molecule has 3 rings (SSSR count). The molecular formula is C22H23N3O. The van der Waals surface area contributed by atoms with E-state index < -0.39 is 0 Å². The molecule has 1 heterocycles. The molecule has 1 saturated heterocycles. The topological polar surface area (TPSA) is 71.1 Å². The molecule has 0 aromatic heterocycles. The maximum absolute atomic E-state index is 9.18. The van der Waals surface area contributed by atoms with Gasteiger partial charge in [0.2, 0.25) is 0 Å². The number of nitrogens with one attached hydrogen (secondary N) is 1. The first-order valence-corrected chi connectivity index (χ1v) is 8.82. The van der Waals surface area contributed by atoms with Gasteiger partial charge in [0.1, 0.15) is 11.9 Å². The van der Waals surface area contributed by atoms with Crippen LogP contribution >= 0.6 is 0 Å². The number of ether oxygens (including phenoxy) is 1. The highest BCUT2D eigenvalue weighted by Gasteiger charge is 2.16. The molecular weight excluding hydrogens is 322 g/mol. The average molecular weight is 345 g/mol. The molecule has 0 saturated carbocycles. The van der Waals surface area contributed by atoms with Gasteiger partial charge in [-0.2, -0.15) is 5.26 Å². The van der Waals surface area contributed by atoms with Crippen molar-refractivity contribution in [3.63, 3.8) is 0 Å². The van der Waals surface area contributed by atoms with Crippen LogP contribution in [0.1, 0.15) is 18.4 Å². The van der Waals surface area contributed by atoms with Crippen molar-refractivity contribution < 1.29 is 4.74 Å². The smallest absolute Gasteiger partial charge is 0.129 e. The van der Waals surface area contributed by atoms with E-state index in [1.807, 2.05) is 36.4 Å². The maximum Gasteiger partial charge on any atom is 0.129 e. The predicted octanol–water partition coefficient (Wildman–Crippen LogP) is 2.02. The first-order chi connectivity index (χ1) is 12.7. The largest absolute Gasteiger partial charge is 0.490 e. The molecule has 1 aliphatic rings. The zero-order chi connectivity index (χ0) is 18.4. The first kappa shape index (κ1) is 17.8. The molecule has 0 atom stereocenters. The van der Waals surface area contributed by atoms with Crippen LogP contribution in [0, 0.1) is 11.3 Å². The maximum atomic E-state index is 9.18. The minimum atomic E-state index is 0.173. The van der Waals surface area contributed by atoms with E-state index in [2.05, 4.69) is 18.0 Å². The van der Waals surface area contributed by atoms with Crippen molar-refractivity contribution in [2.75, 3.05) is 13.1 Å². The highest BCUT2D eigenvalue weighted by atomic mass is 16.5. The molecule has 0 radical (unpaired) electrons. The van der Waals surface area contributed by atoms with Crippen LogP contribution in [-0.2, 0) is 0 Å². The zero-order valence-electron chi connectivity index (χ0n) is 14.7. The Kier molecular flexibility index (Phi) is 5.73. The van der Waals surface area contributed by atoms with Gasteiger partial charge in [-0.1, -0.05) is 30.9 Å². The summed E-state index contributed by atoms with van der Waals surface area (Å²) in [5.41, 5.74) is 8.50. The van der Waals surface area contributed by atoms with E-state index in [0.29, 0.717) is 5.56 Å². The van der Waals surface area contributed by atoms with Crippen molar-refractivity contribution in [3.05, 3.63) is 65.1 Å². The van der Waals surface area contributed by atoms with Crippen molar-refractivity contribution >= 4 is 12.3 Å². The zero-order valence-corrected chi connectivity index (χ0v) is 14.7. The number of rotatable bonds is 4. The lowest BCUT2D eigenvalue weighted by atomic mass is 10.0. The second kappa shape index (κ2) is 8.37. The Hall–Kier alpha value is -3.03. The summed E-state index contributed by atoms with van der Waals surface area (Å²) in [6.45, 7) is 5.72. The molecule has 2 aromatic rings. The van der Waals surface area contributed by atoms with Gasteiger partial charge in [-0.3, -0.25) is 0 Å². The van der Waals surface area contributed by atoms with Crippen molar-refractivity contribution in [1.82, 2.24) is 5.32 Å². The summed E-state index contributed by atoms with van der Waals surface area (Å²) in [6.07, 6.45) is 7.36. The van der Waals surface area contributed by atoms with Crippen LogP contribution in [-0.4, -0.2) is 19.2 Å². The molecule has 4 nitrogen and oxygen atoms in total. The number of allylic oxidation sites excluding steroid dienone is 1. The SMILES string of the molecule is C=C/C=c1/cc(-c2cccc(C#N)c2)cc(OC2CCNCC2)/c1=C/N. The van der Waals surface area contributed by atoms with Crippen LogP contribution in [0.25, 0.3) is 23.4 Å². The molecule has 3 N–H and O–H groups in total. The molecule has 0 aliphatic carbocycles. The van der Waals surface area contributed by atoms with E-state index in [0.717, 1.165) is 53.2 Å². The summed E-state index contributed by atoms with van der Waals surface area (Å²) in [5.74, 6) is 0.771.